The van der Waals surface area contributed by atoms with E-state index >= 15 is 0 Å². The first kappa shape index (κ1) is 12.6. The number of hydrogen-bond donors (Lipinski definition) is 1. The summed E-state index contributed by atoms with van der Waals surface area (Å²) < 4.78 is 0. The zero-order chi connectivity index (χ0) is 13.3. The fraction of sp³-hybridized carbons (Fsp3) is 0.429. The number of anilines is 1. The van der Waals surface area contributed by atoms with E-state index in [1.54, 1.807) is 0 Å². The van der Waals surface area contributed by atoms with Crippen LogP contribution < -0.4 is 10.6 Å². The molecule has 1 aromatic carbocycles. The first-order chi connectivity index (χ1) is 8.49. The topological polar surface area (TPSA) is 70.1 Å². The van der Waals surface area contributed by atoms with Crippen molar-refractivity contribution >= 4 is 11.6 Å². The minimum absolute atomic E-state index is 0.0893. The van der Waals surface area contributed by atoms with Gasteiger partial charge in [-0.2, -0.15) is 5.26 Å². The minimum atomic E-state index is -0.129. The van der Waals surface area contributed by atoms with Gasteiger partial charge in [0.15, 0.2) is 6.19 Å². The first-order valence-electron chi connectivity index (χ1n) is 6.06. The van der Waals surface area contributed by atoms with E-state index in [0.29, 0.717) is 25.1 Å². The van der Waals surface area contributed by atoms with Gasteiger partial charge in [-0.1, -0.05) is 26.0 Å². The predicted molar refractivity (Wildman–Crippen MR) is 69.9 cm³/mol. The van der Waals surface area contributed by atoms with Crippen molar-refractivity contribution in [2.75, 3.05) is 11.4 Å². The average molecular weight is 243 g/mol. The Bertz CT molecular complexity index is 528. The van der Waals surface area contributed by atoms with Crippen molar-refractivity contribution in [3.05, 3.63) is 29.3 Å². The molecule has 4 nitrogen and oxygen atoms in total. The number of nitriles is 1. The van der Waals surface area contributed by atoms with Crippen LogP contribution in [-0.2, 0) is 16.6 Å². The summed E-state index contributed by atoms with van der Waals surface area (Å²) in [6.07, 6.45) is 3.03. The minimum Gasteiger partial charge on any atom is -0.330 e. The Balaban J connectivity index is 2.47. The molecule has 0 spiro atoms. The molecule has 1 aliphatic rings. The highest BCUT2D eigenvalue weighted by molar-refractivity contribution is 5.98. The highest BCUT2D eigenvalue weighted by atomic mass is 16.2. The number of fused-ring (bicyclic) bond motifs is 1. The van der Waals surface area contributed by atoms with E-state index in [0.717, 1.165) is 11.1 Å². The molecule has 1 aromatic rings. The summed E-state index contributed by atoms with van der Waals surface area (Å²) in [7, 11) is 0. The van der Waals surface area contributed by atoms with Crippen LogP contribution in [0.2, 0.25) is 0 Å². The fourth-order valence-electron chi connectivity index (χ4n) is 2.14. The number of benzene rings is 1. The third kappa shape index (κ3) is 1.98. The van der Waals surface area contributed by atoms with Crippen molar-refractivity contribution in [2.45, 2.75) is 32.1 Å². The van der Waals surface area contributed by atoms with E-state index in [-0.39, 0.29) is 11.3 Å². The van der Waals surface area contributed by atoms with Gasteiger partial charge in [-0.05, 0) is 23.6 Å². The van der Waals surface area contributed by atoms with E-state index in [4.69, 9.17) is 11.0 Å². The summed E-state index contributed by atoms with van der Waals surface area (Å²) >= 11 is 0. The zero-order valence-electron chi connectivity index (χ0n) is 10.7. The van der Waals surface area contributed by atoms with Gasteiger partial charge in [-0.15, -0.1) is 0 Å². The summed E-state index contributed by atoms with van der Waals surface area (Å²) in [6, 6.07) is 5.87. The summed E-state index contributed by atoms with van der Waals surface area (Å²) in [5.74, 6) is -0.129. The van der Waals surface area contributed by atoms with Gasteiger partial charge in [0.2, 0.25) is 5.91 Å². The highest BCUT2D eigenvalue weighted by Crippen LogP contribution is 2.32. The predicted octanol–water partition coefficient (Wildman–Crippen LogP) is 1.68. The summed E-state index contributed by atoms with van der Waals surface area (Å²) in [4.78, 5) is 12.8. The van der Waals surface area contributed by atoms with Crippen molar-refractivity contribution < 1.29 is 4.79 Å². The van der Waals surface area contributed by atoms with Gasteiger partial charge in [-0.25, -0.2) is 4.90 Å². The molecule has 94 valence electrons. The van der Waals surface area contributed by atoms with Crippen molar-refractivity contribution in [3.8, 4) is 6.19 Å². The zero-order valence-corrected chi connectivity index (χ0v) is 10.7. The second kappa shape index (κ2) is 4.43. The lowest BCUT2D eigenvalue weighted by Gasteiger charge is -2.28. The molecule has 0 bridgehead atoms. The lowest BCUT2D eigenvalue weighted by Crippen LogP contribution is -2.32. The molecule has 0 fully saturated rings. The fourth-order valence-corrected chi connectivity index (χ4v) is 2.14. The normalized spacial score (nSPS) is 15.2. The van der Waals surface area contributed by atoms with Crippen LogP contribution in [0.3, 0.4) is 0 Å². The maximum Gasteiger partial charge on any atom is 0.240 e. The van der Waals surface area contributed by atoms with Crippen molar-refractivity contribution in [3.63, 3.8) is 0 Å². The van der Waals surface area contributed by atoms with Crippen molar-refractivity contribution in [2.24, 2.45) is 5.73 Å². The Labute approximate surface area is 107 Å². The molecule has 18 heavy (non-hydrogen) atoms. The van der Waals surface area contributed by atoms with Crippen LogP contribution >= 0.6 is 0 Å². The number of rotatable bonds is 2. The second-order valence-corrected chi connectivity index (χ2v) is 5.26. The standard InChI is InChI=1S/C14H17N3O/c1-14(2,8-15)11-4-5-12-10(7-11)3-6-13(18)17(12)9-16/h4-5,7H,3,6,8,15H2,1-2H3. The summed E-state index contributed by atoms with van der Waals surface area (Å²) in [5, 5.41) is 9.02. The molecule has 0 saturated carbocycles. The van der Waals surface area contributed by atoms with E-state index in [1.165, 1.54) is 4.90 Å². The molecule has 0 aromatic heterocycles. The van der Waals surface area contributed by atoms with E-state index in [1.807, 2.05) is 18.3 Å². The maximum atomic E-state index is 11.6. The van der Waals surface area contributed by atoms with Crippen LogP contribution in [0.25, 0.3) is 0 Å². The Morgan fingerprint density at radius 1 is 1.44 bits per heavy atom. The number of amides is 1. The van der Waals surface area contributed by atoms with Gasteiger partial charge in [0.1, 0.15) is 0 Å². The lowest BCUT2D eigenvalue weighted by molar-refractivity contribution is -0.118. The van der Waals surface area contributed by atoms with Gasteiger partial charge in [0.05, 0.1) is 5.69 Å². The molecule has 4 heteroatoms. The number of carbonyl (C=O) groups is 1. The lowest BCUT2D eigenvalue weighted by atomic mass is 9.83. The molecule has 1 amide bonds. The third-order valence-corrected chi connectivity index (χ3v) is 3.57. The third-order valence-electron chi connectivity index (χ3n) is 3.57. The molecule has 0 aliphatic carbocycles. The average Bonchev–Trinajstić information content (AvgIpc) is 2.38. The van der Waals surface area contributed by atoms with Crippen molar-refractivity contribution in [1.82, 2.24) is 0 Å². The summed E-state index contributed by atoms with van der Waals surface area (Å²) in [5.41, 5.74) is 8.60. The van der Waals surface area contributed by atoms with Gasteiger partial charge in [0, 0.05) is 18.4 Å². The molecule has 0 atom stereocenters. The smallest absolute Gasteiger partial charge is 0.240 e. The maximum absolute atomic E-state index is 11.6. The van der Waals surface area contributed by atoms with Gasteiger partial charge in [-0.3, -0.25) is 4.79 Å². The molecule has 0 unspecified atom stereocenters. The highest BCUT2D eigenvalue weighted by Gasteiger charge is 2.26. The van der Waals surface area contributed by atoms with Crippen LogP contribution in [0.5, 0.6) is 0 Å². The monoisotopic (exact) mass is 243 g/mol. The van der Waals surface area contributed by atoms with Crippen LogP contribution in [0.1, 0.15) is 31.4 Å². The first-order valence-corrected chi connectivity index (χ1v) is 6.06. The SMILES string of the molecule is CC(C)(CN)c1ccc2c(c1)CCC(=O)N2C#N. The molecule has 1 heterocycles. The van der Waals surface area contributed by atoms with E-state index in [9.17, 15) is 4.79 Å². The van der Waals surface area contributed by atoms with Crippen molar-refractivity contribution in [1.29, 1.82) is 5.26 Å². The molecule has 0 radical (unpaired) electrons. The Morgan fingerprint density at radius 3 is 2.78 bits per heavy atom. The number of nitrogens with zero attached hydrogens (tertiary/aromatic N) is 2. The Kier molecular flexibility index (Phi) is 3.10. The van der Waals surface area contributed by atoms with E-state index in [2.05, 4.69) is 19.9 Å². The number of hydrogen-bond acceptors (Lipinski definition) is 3. The Hall–Kier alpha value is -1.86. The molecule has 2 N–H and O–H groups in total. The van der Waals surface area contributed by atoms with Gasteiger partial charge >= 0.3 is 0 Å². The van der Waals surface area contributed by atoms with Crippen LogP contribution in [0.15, 0.2) is 18.2 Å². The van der Waals surface area contributed by atoms with Crippen LogP contribution in [0.4, 0.5) is 5.69 Å². The number of carbonyl (C=O) groups excluding carboxylic acids is 1. The van der Waals surface area contributed by atoms with Crippen LogP contribution in [-0.4, -0.2) is 12.5 Å². The Morgan fingerprint density at radius 2 is 2.17 bits per heavy atom. The largest absolute Gasteiger partial charge is 0.330 e. The van der Waals surface area contributed by atoms with E-state index < -0.39 is 0 Å². The van der Waals surface area contributed by atoms with Gasteiger partial charge in [0.25, 0.3) is 0 Å². The summed E-state index contributed by atoms with van der Waals surface area (Å²) in [6.45, 7) is 4.74. The molecule has 2 rings (SSSR count). The molecule has 1 aliphatic heterocycles. The molecule has 0 saturated heterocycles. The van der Waals surface area contributed by atoms with Crippen LogP contribution in [0, 0.1) is 11.5 Å². The van der Waals surface area contributed by atoms with Gasteiger partial charge < -0.3 is 5.73 Å². The number of nitrogens with two attached hydrogens (primary N) is 1. The molecular formula is C14H17N3O. The quantitative estimate of drug-likeness (QED) is 0.803. The number of aryl methyl sites for hydroxylation is 1. The second-order valence-electron chi connectivity index (χ2n) is 5.26. The molecular weight excluding hydrogens is 226 g/mol.